The molecule has 0 atom stereocenters. The van der Waals surface area contributed by atoms with Gasteiger partial charge in [-0.1, -0.05) is 6.92 Å². The van der Waals surface area contributed by atoms with Crippen molar-refractivity contribution in [2.45, 2.75) is 33.7 Å². The minimum Gasteiger partial charge on any atom is -0.480 e. The fraction of sp³-hybridized carbons (Fsp3) is 0.545. The Morgan fingerprint density at radius 3 is 2.59 bits per heavy atom. The summed E-state index contributed by atoms with van der Waals surface area (Å²) in [4.78, 5) is 22.2. The van der Waals surface area contributed by atoms with Crippen molar-refractivity contribution in [3.63, 3.8) is 0 Å². The molecule has 0 saturated heterocycles. The third-order valence-electron chi connectivity index (χ3n) is 2.44. The first kappa shape index (κ1) is 13.2. The summed E-state index contributed by atoms with van der Waals surface area (Å²) < 4.78 is 1.77. The van der Waals surface area contributed by atoms with Gasteiger partial charge in [-0.05, 0) is 20.3 Å². The smallest absolute Gasteiger partial charge is 0.322 e. The summed E-state index contributed by atoms with van der Waals surface area (Å²) in [7, 11) is 0. The van der Waals surface area contributed by atoms with Gasteiger partial charge >= 0.3 is 5.97 Å². The highest BCUT2D eigenvalue weighted by molar-refractivity contribution is 5.97. The van der Waals surface area contributed by atoms with E-state index in [2.05, 4.69) is 10.4 Å². The van der Waals surface area contributed by atoms with Gasteiger partial charge in [-0.15, -0.1) is 0 Å². The lowest BCUT2D eigenvalue weighted by Crippen LogP contribution is -2.30. The van der Waals surface area contributed by atoms with Crippen LogP contribution in [0.15, 0.2) is 0 Å². The van der Waals surface area contributed by atoms with Gasteiger partial charge < -0.3 is 10.4 Å². The molecule has 0 bridgehead atoms. The van der Waals surface area contributed by atoms with E-state index in [1.165, 1.54) is 0 Å². The van der Waals surface area contributed by atoms with Crippen molar-refractivity contribution in [2.24, 2.45) is 0 Å². The molecule has 0 aliphatic rings. The maximum atomic E-state index is 11.8. The summed E-state index contributed by atoms with van der Waals surface area (Å²) in [5, 5.41) is 15.1. The summed E-state index contributed by atoms with van der Waals surface area (Å²) in [5.74, 6) is -1.45. The van der Waals surface area contributed by atoms with Gasteiger partial charge in [0.15, 0.2) is 0 Å². The second-order valence-corrected chi connectivity index (χ2v) is 3.85. The zero-order valence-corrected chi connectivity index (χ0v) is 10.3. The Hall–Kier alpha value is -1.85. The third kappa shape index (κ3) is 3.05. The van der Waals surface area contributed by atoms with E-state index in [0.717, 1.165) is 18.7 Å². The van der Waals surface area contributed by atoms with Crippen LogP contribution in [0.5, 0.6) is 0 Å². The molecule has 0 aliphatic carbocycles. The Labute approximate surface area is 99.6 Å². The number of rotatable bonds is 5. The maximum Gasteiger partial charge on any atom is 0.322 e. The first-order valence-corrected chi connectivity index (χ1v) is 5.51. The SMILES string of the molecule is CCCn1nc(C)c(C(=O)NCC(=O)O)c1C. The van der Waals surface area contributed by atoms with Crippen molar-refractivity contribution in [2.75, 3.05) is 6.54 Å². The van der Waals surface area contributed by atoms with E-state index in [4.69, 9.17) is 5.11 Å². The van der Waals surface area contributed by atoms with E-state index in [-0.39, 0.29) is 12.5 Å². The van der Waals surface area contributed by atoms with E-state index < -0.39 is 5.97 Å². The largest absolute Gasteiger partial charge is 0.480 e. The quantitative estimate of drug-likeness (QED) is 0.793. The molecule has 17 heavy (non-hydrogen) atoms. The van der Waals surface area contributed by atoms with Crippen LogP contribution >= 0.6 is 0 Å². The number of carboxylic acids is 1. The molecule has 1 rings (SSSR count). The highest BCUT2D eigenvalue weighted by Crippen LogP contribution is 2.13. The standard InChI is InChI=1S/C11H17N3O3/c1-4-5-14-8(3)10(7(2)13-14)11(17)12-6-9(15)16/h4-6H2,1-3H3,(H,12,17)(H,15,16). The summed E-state index contributed by atoms with van der Waals surface area (Å²) >= 11 is 0. The van der Waals surface area contributed by atoms with Crippen LogP contribution in [0.2, 0.25) is 0 Å². The molecule has 0 unspecified atom stereocenters. The number of hydrogen-bond acceptors (Lipinski definition) is 3. The number of nitrogens with zero attached hydrogens (tertiary/aromatic N) is 2. The molecule has 2 N–H and O–H groups in total. The Balaban J connectivity index is 2.89. The topological polar surface area (TPSA) is 84.2 Å². The minimum atomic E-state index is -1.06. The fourth-order valence-electron chi connectivity index (χ4n) is 1.70. The van der Waals surface area contributed by atoms with Crippen molar-refractivity contribution >= 4 is 11.9 Å². The molecule has 0 saturated carbocycles. The van der Waals surface area contributed by atoms with Gasteiger partial charge in [0.1, 0.15) is 6.54 Å². The third-order valence-corrected chi connectivity index (χ3v) is 2.44. The summed E-state index contributed by atoms with van der Waals surface area (Å²) in [5.41, 5.74) is 1.87. The van der Waals surface area contributed by atoms with Crippen molar-refractivity contribution in [1.82, 2.24) is 15.1 Å². The van der Waals surface area contributed by atoms with Crippen molar-refractivity contribution in [1.29, 1.82) is 0 Å². The molecule has 6 nitrogen and oxygen atoms in total. The second kappa shape index (κ2) is 5.47. The Morgan fingerprint density at radius 2 is 2.06 bits per heavy atom. The normalized spacial score (nSPS) is 10.3. The molecule has 0 fully saturated rings. The Kier molecular flexibility index (Phi) is 4.25. The molecule has 1 amide bonds. The molecule has 0 aromatic carbocycles. The Morgan fingerprint density at radius 1 is 1.41 bits per heavy atom. The summed E-state index contributed by atoms with van der Waals surface area (Å²) in [6.45, 7) is 5.95. The van der Waals surface area contributed by atoms with Crippen molar-refractivity contribution in [3.05, 3.63) is 17.0 Å². The average molecular weight is 239 g/mol. The predicted octanol–water partition coefficient (Wildman–Crippen LogP) is 0.724. The molecule has 0 radical (unpaired) electrons. The molecule has 0 spiro atoms. The van der Waals surface area contributed by atoms with E-state index >= 15 is 0 Å². The number of amides is 1. The first-order chi connectivity index (χ1) is 7.97. The van der Waals surface area contributed by atoms with Crippen LogP contribution in [0.25, 0.3) is 0 Å². The molecule has 6 heteroatoms. The number of hydrogen-bond donors (Lipinski definition) is 2. The molecule has 1 aromatic heterocycles. The zero-order valence-electron chi connectivity index (χ0n) is 10.3. The monoisotopic (exact) mass is 239 g/mol. The predicted molar refractivity (Wildman–Crippen MR) is 62.0 cm³/mol. The van der Waals surface area contributed by atoms with Gasteiger partial charge in [-0.25, -0.2) is 0 Å². The Bertz CT molecular complexity index is 437. The molecule has 0 aliphatic heterocycles. The highest BCUT2D eigenvalue weighted by Gasteiger charge is 2.18. The number of carbonyl (C=O) groups excluding carboxylic acids is 1. The lowest BCUT2D eigenvalue weighted by atomic mass is 10.2. The lowest BCUT2D eigenvalue weighted by molar-refractivity contribution is -0.135. The second-order valence-electron chi connectivity index (χ2n) is 3.85. The fourth-order valence-corrected chi connectivity index (χ4v) is 1.70. The van der Waals surface area contributed by atoms with Gasteiger partial charge in [0.2, 0.25) is 0 Å². The molecule has 94 valence electrons. The van der Waals surface area contributed by atoms with Crippen LogP contribution in [-0.2, 0) is 11.3 Å². The number of aryl methyl sites for hydroxylation is 2. The van der Waals surface area contributed by atoms with Gasteiger partial charge in [0.25, 0.3) is 5.91 Å². The van der Waals surface area contributed by atoms with Crippen LogP contribution in [0.3, 0.4) is 0 Å². The number of aliphatic carboxylic acids is 1. The van der Waals surface area contributed by atoms with Crippen LogP contribution in [0, 0.1) is 13.8 Å². The molecule has 1 aromatic rings. The van der Waals surface area contributed by atoms with E-state index in [0.29, 0.717) is 11.3 Å². The van der Waals surface area contributed by atoms with Crippen molar-refractivity contribution < 1.29 is 14.7 Å². The minimum absolute atomic E-state index is 0.378. The number of carboxylic acid groups (broad SMARTS) is 1. The van der Waals surface area contributed by atoms with Crippen LogP contribution in [0.4, 0.5) is 0 Å². The van der Waals surface area contributed by atoms with Gasteiger partial charge in [0.05, 0.1) is 11.3 Å². The maximum absolute atomic E-state index is 11.8. The molecule has 1 heterocycles. The molecular formula is C11H17N3O3. The number of aromatic nitrogens is 2. The molecular weight excluding hydrogens is 222 g/mol. The summed E-state index contributed by atoms with van der Waals surface area (Å²) in [6, 6.07) is 0. The van der Waals surface area contributed by atoms with E-state index in [1.807, 2.05) is 13.8 Å². The van der Waals surface area contributed by atoms with Crippen LogP contribution in [-0.4, -0.2) is 33.3 Å². The van der Waals surface area contributed by atoms with E-state index in [9.17, 15) is 9.59 Å². The van der Waals surface area contributed by atoms with Gasteiger partial charge in [-0.3, -0.25) is 14.3 Å². The number of nitrogens with one attached hydrogen (secondary N) is 1. The van der Waals surface area contributed by atoms with Crippen LogP contribution < -0.4 is 5.32 Å². The van der Waals surface area contributed by atoms with Gasteiger partial charge in [0, 0.05) is 12.2 Å². The van der Waals surface area contributed by atoms with E-state index in [1.54, 1.807) is 11.6 Å². The lowest BCUT2D eigenvalue weighted by Gasteiger charge is -2.04. The number of carbonyl (C=O) groups is 2. The first-order valence-electron chi connectivity index (χ1n) is 5.51. The highest BCUT2D eigenvalue weighted by atomic mass is 16.4. The van der Waals surface area contributed by atoms with Gasteiger partial charge in [-0.2, -0.15) is 5.10 Å². The van der Waals surface area contributed by atoms with Crippen LogP contribution in [0.1, 0.15) is 35.1 Å². The van der Waals surface area contributed by atoms with Crippen molar-refractivity contribution in [3.8, 4) is 0 Å². The zero-order chi connectivity index (χ0) is 13.0. The average Bonchev–Trinajstić information content (AvgIpc) is 2.52. The summed E-state index contributed by atoms with van der Waals surface area (Å²) in [6.07, 6.45) is 0.929.